The molecular weight excluding hydrogens is 440 g/mol. The number of tetrazole rings is 1. The largest absolute Gasteiger partial charge is 0.467 e. The van der Waals surface area contributed by atoms with E-state index in [2.05, 4.69) is 58.3 Å². The number of hydrogen-bond acceptors (Lipinski definition) is 6. The van der Waals surface area contributed by atoms with E-state index in [0.717, 1.165) is 52.9 Å². The summed E-state index contributed by atoms with van der Waals surface area (Å²) in [6, 6.07) is 10.5. The monoisotopic (exact) mass is 474 g/mol. The Morgan fingerprint density at radius 3 is 2.77 bits per heavy atom. The van der Waals surface area contributed by atoms with Crippen molar-refractivity contribution in [1.82, 2.24) is 30.1 Å². The topological polar surface area (TPSA) is 92.8 Å². The van der Waals surface area contributed by atoms with Crippen molar-refractivity contribution in [1.29, 1.82) is 0 Å². The molecule has 0 amide bonds. The number of furan rings is 1. The summed E-state index contributed by atoms with van der Waals surface area (Å²) in [5.41, 5.74) is 3.99. The molecule has 1 aromatic carbocycles. The number of fused-ring (bicyclic) bond motifs is 1. The second kappa shape index (κ2) is 10.2. The van der Waals surface area contributed by atoms with Crippen molar-refractivity contribution in [3.8, 4) is 0 Å². The number of aromatic amines is 1. The molecular formula is C27H34N6O2. The van der Waals surface area contributed by atoms with E-state index in [1.54, 1.807) is 6.26 Å². The van der Waals surface area contributed by atoms with Gasteiger partial charge in [0.25, 0.3) is 5.56 Å². The van der Waals surface area contributed by atoms with Crippen LogP contribution in [0, 0.1) is 13.8 Å². The van der Waals surface area contributed by atoms with Crippen molar-refractivity contribution in [3.05, 3.63) is 75.2 Å². The quantitative estimate of drug-likeness (QED) is 0.384. The number of aryl methyl sites for hydroxylation is 2. The second-order valence-corrected chi connectivity index (χ2v) is 9.83. The van der Waals surface area contributed by atoms with Gasteiger partial charge in [0.1, 0.15) is 12.3 Å². The number of benzene rings is 1. The molecule has 8 heteroatoms. The Labute approximate surface area is 205 Å². The van der Waals surface area contributed by atoms with Gasteiger partial charge in [-0.15, -0.1) is 5.10 Å². The van der Waals surface area contributed by atoms with Gasteiger partial charge in [-0.1, -0.05) is 32.3 Å². The molecule has 1 atom stereocenters. The zero-order chi connectivity index (χ0) is 24.4. The third-order valence-electron chi connectivity index (χ3n) is 7.32. The van der Waals surface area contributed by atoms with E-state index in [0.29, 0.717) is 19.1 Å². The van der Waals surface area contributed by atoms with E-state index < -0.39 is 0 Å². The molecule has 8 nitrogen and oxygen atoms in total. The minimum atomic E-state index is -0.0201. The summed E-state index contributed by atoms with van der Waals surface area (Å²) in [6.07, 6.45) is 8.45. The zero-order valence-electron chi connectivity index (χ0n) is 20.8. The first-order chi connectivity index (χ1) is 17.0. The fourth-order valence-electron chi connectivity index (χ4n) is 5.62. The molecule has 3 aromatic heterocycles. The Hall–Kier alpha value is -3.26. The molecule has 1 saturated carbocycles. The first kappa shape index (κ1) is 23.5. The maximum Gasteiger partial charge on any atom is 0.252 e. The third kappa shape index (κ3) is 4.93. The van der Waals surface area contributed by atoms with Crippen LogP contribution in [0.25, 0.3) is 10.9 Å². The summed E-state index contributed by atoms with van der Waals surface area (Å²) in [5, 5.41) is 13.8. The van der Waals surface area contributed by atoms with Gasteiger partial charge >= 0.3 is 0 Å². The molecule has 3 heterocycles. The smallest absolute Gasteiger partial charge is 0.252 e. The maximum atomic E-state index is 13.2. The summed E-state index contributed by atoms with van der Waals surface area (Å²) >= 11 is 0. The summed E-state index contributed by atoms with van der Waals surface area (Å²) in [7, 11) is 0. The van der Waals surface area contributed by atoms with Crippen molar-refractivity contribution in [2.45, 2.75) is 84.5 Å². The molecule has 0 spiro atoms. The van der Waals surface area contributed by atoms with Crippen LogP contribution < -0.4 is 5.56 Å². The summed E-state index contributed by atoms with van der Waals surface area (Å²) in [4.78, 5) is 18.8. The van der Waals surface area contributed by atoms with Crippen molar-refractivity contribution < 1.29 is 4.42 Å². The third-order valence-corrected chi connectivity index (χ3v) is 7.32. The van der Waals surface area contributed by atoms with Gasteiger partial charge in [-0.3, -0.25) is 9.69 Å². The van der Waals surface area contributed by atoms with Crippen LogP contribution in [0.1, 0.15) is 79.8 Å². The standard InChI is InChI=1S/C27H34N6O2/c1-4-25(26-29-30-31-33(26)17-22-11-8-12-35-22)32(21-9-6-5-7-10-21)16-20-15-23-19(3)13-18(2)14-24(23)28-27(20)34/h8,11-15,21,25H,4-7,9-10,16-17H2,1-3H3,(H,28,34)/t25-/m0/s1. The molecule has 1 N–H and O–H groups in total. The Morgan fingerprint density at radius 1 is 1.20 bits per heavy atom. The van der Waals surface area contributed by atoms with Crippen molar-refractivity contribution in [2.24, 2.45) is 0 Å². The van der Waals surface area contributed by atoms with Crippen LogP contribution in [-0.4, -0.2) is 36.1 Å². The second-order valence-electron chi connectivity index (χ2n) is 9.83. The van der Waals surface area contributed by atoms with Gasteiger partial charge in [0, 0.05) is 29.1 Å². The predicted molar refractivity (Wildman–Crippen MR) is 135 cm³/mol. The van der Waals surface area contributed by atoms with E-state index in [1.165, 1.54) is 24.8 Å². The number of hydrogen-bond donors (Lipinski definition) is 1. The fourth-order valence-corrected chi connectivity index (χ4v) is 5.62. The number of nitrogens with zero attached hydrogens (tertiary/aromatic N) is 5. The lowest BCUT2D eigenvalue weighted by Gasteiger charge is -2.39. The van der Waals surface area contributed by atoms with Crippen LogP contribution in [0.5, 0.6) is 0 Å². The molecule has 1 fully saturated rings. The van der Waals surface area contributed by atoms with Gasteiger partial charge in [0.05, 0.1) is 12.3 Å². The normalized spacial score (nSPS) is 15.8. The van der Waals surface area contributed by atoms with Crippen molar-refractivity contribution >= 4 is 10.9 Å². The Balaban J connectivity index is 1.52. The molecule has 0 saturated heterocycles. The van der Waals surface area contributed by atoms with Crippen LogP contribution in [0.2, 0.25) is 0 Å². The number of nitrogens with one attached hydrogen (secondary N) is 1. The maximum absolute atomic E-state index is 13.2. The number of H-pyrrole nitrogens is 1. The summed E-state index contributed by atoms with van der Waals surface area (Å²) in [5.74, 6) is 1.63. The van der Waals surface area contributed by atoms with E-state index in [4.69, 9.17) is 4.42 Å². The van der Waals surface area contributed by atoms with Gasteiger partial charge < -0.3 is 9.40 Å². The zero-order valence-corrected chi connectivity index (χ0v) is 20.8. The minimum absolute atomic E-state index is 0.00252. The van der Waals surface area contributed by atoms with Crippen molar-refractivity contribution in [3.63, 3.8) is 0 Å². The minimum Gasteiger partial charge on any atom is -0.467 e. The lowest BCUT2D eigenvalue weighted by molar-refractivity contribution is 0.0842. The molecule has 1 aliphatic rings. The molecule has 184 valence electrons. The van der Waals surface area contributed by atoms with Gasteiger partial charge in [-0.2, -0.15) is 0 Å². The molecule has 0 unspecified atom stereocenters. The molecule has 0 radical (unpaired) electrons. The summed E-state index contributed by atoms with van der Waals surface area (Å²) in [6.45, 7) is 7.38. The number of rotatable bonds is 8. The highest BCUT2D eigenvalue weighted by Crippen LogP contribution is 2.33. The SMILES string of the molecule is CC[C@@H](c1nnnn1Cc1ccco1)N(Cc1cc2c(C)cc(C)cc2[nH]c1=O)C1CCCCC1. The number of aromatic nitrogens is 5. The first-order valence-electron chi connectivity index (χ1n) is 12.7. The molecule has 5 rings (SSSR count). The molecule has 1 aliphatic carbocycles. The lowest BCUT2D eigenvalue weighted by atomic mass is 9.92. The Bertz CT molecular complexity index is 1330. The molecule has 35 heavy (non-hydrogen) atoms. The predicted octanol–water partition coefficient (Wildman–Crippen LogP) is 5.06. The fraction of sp³-hybridized carbons (Fsp3) is 0.481. The van der Waals surface area contributed by atoms with Gasteiger partial charge in [0.2, 0.25) is 0 Å². The van der Waals surface area contributed by atoms with E-state index in [-0.39, 0.29) is 11.6 Å². The van der Waals surface area contributed by atoms with E-state index >= 15 is 0 Å². The van der Waals surface area contributed by atoms with Gasteiger partial charge in [-0.05, 0) is 78.9 Å². The molecule has 0 aliphatic heterocycles. The average molecular weight is 475 g/mol. The number of pyridine rings is 1. The first-order valence-corrected chi connectivity index (χ1v) is 12.7. The van der Waals surface area contributed by atoms with E-state index in [9.17, 15) is 4.79 Å². The van der Waals surface area contributed by atoms with Crippen LogP contribution in [0.4, 0.5) is 0 Å². The highest BCUT2D eigenvalue weighted by atomic mass is 16.3. The molecule has 0 bridgehead atoms. The van der Waals surface area contributed by atoms with Crippen LogP contribution >= 0.6 is 0 Å². The highest BCUT2D eigenvalue weighted by Gasteiger charge is 2.32. The van der Waals surface area contributed by atoms with E-state index in [1.807, 2.05) is 22.9 Å². The average Bonchev–Trinajstić information content (AvgIpc) is 3.53. The van der Waals surface area contributed by atoms with Crippen LogP contribution in [0.15, 0.2) is 45.8 Å². The highest BCUT2D eigenvalue weighted by molar-refractivity contribution is 5.83. The van der Waals surface area contributed by atoms with Crippen LogP contribution in [-0.2, 0) is 13.1 Å². The summed E-state index contributed by atoms with van der Waals surface area (Å²) < 4.78 is 7.38. The lowest BCUT2D eigenvalue weighted by Crippen LogP contribution is -2.41. The molecule has 4 aromatic rings. The van der Waals surface area contributed by atoms with Crippen molar-refractivity contribution in [2.75, 3.05) is 0 Å². The van der Waals surface area contributed by atoms with Gasteiger partial charge in [-0.25, -0.2) is 4.68 Å². The Kier molecular flexibility index (Phi) is 6.81. The van der Waals surface area contributed by atoms with Crippen LogP contribution in [0.3, 0.4) is 0 Å². The Morgan fingerprint density at radius 2 is 2.03 bits per heavy atom. The van der Waals surface area contributed by atoms with Gasteiger partial charge in [0.15, 0.2) is 5.82 Å².